The molecule has 2 aromatic heterocycles. The normalized spacial score (nSPS) is 11.6. The van der Waals surface area contributed by atoms with Crippen molar-refractivity contribution in [3.8, 4) is 11.1 Å². The molecule has 4 rings (SSSR count). The first-order valence-electron chi connectivity index (χ1n) is 8.95. The van der Waals surface area contributed by atoms with Gasteiger partial charge in [-0.1, -0.05) is 24.3 Å². The van der Waals surface area contributed by atoms with E-state index in [-0.39, 0.29) is 12.0 Å². The number of nitrogens with two attached hydrogens (primary N) is 1. The Hall–Kier alpha value is -3.88. The number of hydrogen-bond acceptors (Lipinski definition) is 4. The number of nitrogens with zero attached hydrogens (tertiary/aromatic N) is 2. The Kier molecular flexibility index (Phi) is 4.86. The third kappa shape index (κ3) is 4.09. The SMILES string of the molecule is Nc1n[nH]c2ccc(-c3ccnc(NC(=O)Cc4cccc(C(F)(F)F)c4)c3)cc12. The number of anilines is 2. The van der Waals surface area contributed by atoms with Gasteiger partial charge in [0, 0.05) is 11.6 Å². The molecule has 0 saturated carbocycles. The zero-order valence-corrected chi connectivity index (χ0v) is 15.5. The standard InChI is InChI=1S/C21H16F3N5O/c22-21(23,24)15-3-1-2-12(8-15)9-19(30)27-18-11-14(6-7-26-18)13-4-5-17-16(10-13)20(25)29-28-17/h1-8,10-11H,9H2,(H3,25,28,29)(H,26,27,30). The molecule has 0 aliphatic rings. The van der Waals surface area contributed by atoms with Gasteiger partial charge in [0.15, 0.2) is 5.82 Å². The number of nitrogens with one attached hydrogen (secondary N) is 2. The first-order chi connectivity index (χ1) is 14.3. The van der Waals surface area contributed by atoms with Crippen LogP contribution in [0.3, 0.4) is 0 Å². The molecule has 0 fully saturated rings. The number of rotatable bonds is 4. The summed E-state index contributed by atoms with van der Waals surface area (Å²) in [5, 5.41) is 10.2. The molecule has 152 valence electrons. The maximum absolute atomic E-state index is 12.8. The fourth-order valence-electron chi connectivity index (χ4n) is 3.12. The number of carbonyl (C=O) groups is 1. The molecule has 30 heavy (non-hydrogen) atoms. The number of benzene rings is 2. The van der Waals surface area contributed by atoms with Crippen molar-refractivity contribution >= 4 is 28.4 Å². The molecular formula is C21H16F3N5O. The maximum Gasteiger partial charge on any atom is 0.416 e. The van der Waals surface area contributed by atoms with Crippen LogP contribution in [0.25, 0.3) is 22.0 Å². The number of pyridine rings is 1. The third-order valence-corrected chi connectivity index (χ3v) is 4.57. The summed E-state index contributed by atoms with van der Waals surface area (Å²) in [5.41, 5.74) is 7.77. The zero-order chi connectivity index (χ0) is 21.3. The smallest absolute Gasteiger partial charge is 0.382 e. The number of nitrogen functional groups attached to an aromatic ring is 1. The molecule has 0 spiro atoms. The van der Waals surface area contributed by atoms with E-state index in [4.69, 9.17) is 5.73 Å². The molecule has 0 saturated heterocycles. The molecule has 0 bridgehead atoms. The first kappa shape index (κ1) is 19.4. The van der Waals surface area contributed by atoms with E-state index in [1.165, 1.54) is 18.3 Å². The Balaban J connectivity index is 1.51. The van der Waals surface area contributed by atoms with Crippen molar-refractivity contribution in [3.05, 3.63) is 71.9 Å². The summed E-state index contributed by atoms with van der Waals surface area (Å²) >= 11 is 0. The molecule has 4 aromatic rings. The van der Waals surface area contributed by atoms with E-state index in [1.807, 2.05) is 18.2 Å². The molecule has 2 aromatic carbocycles. The molecule has 4 N–H and O–H groups in total. The van der Waals surface area contributed by atoms with Gasteiger partial charge >= 0.3 is 6.18 Å². The Morgan fingerprint density at radius 2 is 1.87 bits per heavy atom. The monoisotopic (exact) mass is 411 g/mol. The highest BCUT2D eigenvalue weighted by atomic mass is 19.4. The van der Waals surface area contributed by atoms with Gasteiger partial charge in [0.05, 0.1) is 17.5 Å². The van der Waals surface area contributed by atoms with E-state index in [9.17, 15) is 18.0 Å². The van der Waals surface area contributed by atoms with Gasteiger partial charge in [-0.15, -0.1) is 0 Å². The second kappa shape index (κ2) is 7.51. The highest BCUT2D eigenvalue weighted by Gasteiger charge is 2.30. The van der Waals surface area contributed by atoms with E-state index < -0.39 is 17.6 Å². The lowest BCUT2D eigenvalue weighted by atomic mass is 10.0. The van der Waals surface area contributed by atoms with Crippen LogP contribution < -0.4 is 11.1 Å². The van der Waals surface area contributed by atoms with Gasteiger partial charge in [-0.2, -0.15) is 18.3 Å². The summed E-state index contributed by atoms with van der Waals surface area (Å²) in [6.45, 7) is 0. The number of amides is 1. The number of fused-ring (bicyclic) bond motifs is 1. The lowest BCUT2D eigenvalue weighted by Gasteiger charge is -2.10. The van der Waals surface area contributed by atoms with Crippen molar-refractivity contribution in [1.82, 2.24) is 15.2 Å². The quantitative estimate of drug-likeness (QED) is 0.464. The van der Waals surface area contributed by atoms with Crippen LogP contribution in [0.2, 0.25) is 0 Å². The van der Waals surface area contributed by atoms with Gasteiger partial charge in [-0.3, -0.25) is 9.89 Å². The molecule has 0 aliphatic carbocycles. The molecule has 0 atom stereocenters. The Bertz CT molecular complexity index is 1230. The summed E-state index contributed by atoms with van der Waals surface area (Å²) < 4.78 is 38.5. The molecule has 2 heterocycles. The predicted molar refractivity (Wildman–Crippen MR) is 108 cm³/mol. The van der Waals surface area contributed by atoms with Crippen LogP contribution in [0.15, 0.2) is 60.8 Å². The van der Waals surface area contributed by atoms with Crippen LogP contribution in [0.5, 0.6) is 0 Å². The highest BCUT2D eigenvalue weighted by molar-refractivity contribution is 5.94. The van der Waals surface area contributed by atoms with Crippen molar-refractivity contribution in [3.63, 3.8) is 0 Å². The lowest BCUT2D eigenvalue weighted by molar-refractivity contribution is -0.137. The second-order valence-corrected chi connectivity index (χ2v) is 6.72. The van der Waals surface area contributed by atoms with E-state index >= 15 is 0 Å². The van der Waals surface area contributed by atoms with Crippen LogP contribution in [-0.2, 0) is 17.4 Å². The fourth-order valence-corrected chi connectivity index (χ4v) is 3.12. The Labute approximate surface area is 168 Å². The maximum atomic E-state index is 12.8. The van der Waals surface area contributed by atoms with Gasteiger partial charge in [0.1, 0.15) is 5.82 Å². The van der Waals surface area contributed by atoms with Crippen molar-refractivity contribution < 1.29 is 18.0 Å². The van der Waals surface area contributed by atoms with Crippen LogP contribution in [0, 0.1) is 0 Å². The van der Waals surface area contributed by atoms with Crippen LogP contribution in [0.1, 0.15) is 11.1 Å². The van der Waals surface area contributed by atoms with Gasteiger partial charge in [0.25, 0.3) is 0 Å². The van der Waals surface area contributed by atoms with Crippen LogP contribution >= 0.6 is 0 Å². The molecule has 0 radical (unpaired) electrons. The predicted octanol–water partition coefficient (Wildman–Crippen LogP) is 4.41. The molecular weight excluding hydrogens is 395 g/mol. The number of aromatic nitrogens is 3. The molecule has 0 unspecified atom stereocenters. The number of halogens is 3. The Morgan fingerprint density at radius 1 is 1.07 bits per heavy atom. The van der Waals surface area contributed by atoms with E-state index in [2.05, 4.69) is 20.5 Å². The van der Waals surface area contributed by atoms with Gasteiger partial charge < -0.3 is 11.1 Å². The summed E-state index contributed by atoms with van der Waals surface area (Å²) in [6, 6.07) is 13.7. The molecule has 0 aliphatic heterocycles. The number of H-pyrrole nitrogens is 1. The second-order valence-electron chi connectivity index (χ2n) is 6.72. The largest absolute Gasteiger partial charge is 0.416 e. The van der Waals surface area contributed by atoms with Crippen molar-refractivity contribution in [1.29, 1.82) is 0 Å². The van der Waals surface area contributed by atoms with Gasteiger partial charge in [0.2, 0.25) is 5.91 Å². The number of hydrogen-bond donors (Lipinski definition) is 3. The summed E-state index contributed by atoms with van der Waals surface area (Å²) in [6.07, 6.45) is -3.12. The average Bonchev–Trinajstić information content (AvgIpc) is 3.08. The summed E-state index contributed by atoms with van der Waals surface area (Å²) in [4.78, 5) is 16.4. The van der Waals surface area contributed by atoms with E-state index in [0.717, 1.165) is 34.2 Å². The Morgan fingerprint density at radius 3 is 2.67 bits per heavy atom. The van der Waals surface area contributed by atoms with Crippen molar-refractivity contribution in [2.24, 2.45) is 0 Å². The molecule has 1 amide bonds. The highest BCUT2D eigenvalue weighted by Crippen LogP contribution is 2.30. The van der Waals surface area contributed by atoms with E-state index in [1.54, 1.807) is 12.1 Å². The first-order valence-corrected chi connectivity index (χ1v) is 8.95. The van der Waals surface area contributed by atoms with Gasteiger partial charge in [-0.25, -0.2) is 4.98 Å². The van der Waals surface area contributed by atoms with Crippen LogP contribution in [0.4, 0.5) is 24.8 Å². The van der Waals surface area contributed by atoms with Crippen molar-refractivity contribution in [2.75, 3.05) is 11.1 Å². The van der Waals surface area contributed by atoms with Gasteiger partial charge in [-0.05, 0) is 47.0 Å². The molecule has 9 heteroatoms. The minimum atomic E-state index is -4.46. The lowest BCUT2D eigenvalue weighted by Crippen LogP contribution is -2.16. The van der Waals surface area contributed by atoms with Crippen molar-refractivity contribution in [2.45, 2.75) is 12.6 Å². The van der Waals surface area contributed by atoms with Crippen LogP contribution in [-0.4, -0.2) is 21.1 Å². The minimum absolute atomic E-state index is 0.201. The molecule has 6 nitrogen and oxygen atoms in total. The number of aromatic amines is 1. The average molecular weight is 411 g/mol. The minimum Gasteiger partial charge on any atom is -0.382 e. The fraction of sp³-hybridized carbons (Fsp3) is 0.0952. The zero-order valence-electron chi connectivity index (χ0n) is 15.5. The number of alkyl halides is 3. The number of carbonyl (C=O) groups excluding carboxylic acids is 1. The third-order valence-electron chi connectivity index (χ3n) is 4.57. The topological polar surface area (TPSA) is 96.7 Å². The summed E-state index contributed by atoms with van der Waals surface area (Å²) in [5.74, 6) is 0.216. The summed E-state index contributed by atoms with van der Waals surface area (Å²) in [7, 11) is 0. The van der Waals surface area contributed by atoms with E-state index in [0.29, 0.717) is 11.6 Å².